The van der Waals surface area contributed by atoms with Gasteiger partial charge in [0.15, 0.2) is 5.96 Å². The number of amides is 2. The third kappa shape index (κ3) is 7.47. The summed E-state index contributed by atoms with van der Waals surface area (Å²) in [6.07, 6.45) is -1.11. The number of nitrogens with two attached hydrogens (primary N) is 1. The van der Waals surface area contributed by atoms with Crippen molar-refractivity contribution in [2.24, 2.45) is 4.99 Å². The molecule has 2 amide bonds. The molecule has 1 unspecified atom stereocenters. The van der Waals surface area contributed by atoms with Gasteiger partial charge in [0.2, 0.25) is 5.91 Å². The van der Waals surface area contributed by atoms with Crippen LogP contribution in [0, 0.1) is 0 Å². The fraction of sp³-hybridized carbons (Fsp3) is 0.273. The van der Waals surface area contributed by atoms with Gasteiger partial charge < -0.3 is 42.3 Å². The number of benzene rings is 2. The summed E-state index contributed by atoms with van der Waals surface area (Å²) in [7, 11) is 0. The molecule has 1 heterocycles. The Hall–Kier alpha value is -3.55. The summed E-state index contributed by atoms with van der Waals surface area (Å²) < 4.78 is 0.481. The normalized spacial score (nSPS) is 15.8. The van der Waals surface area contributed by atoms with Crippen molar-refractivity contribution >= 4 is 62.6 Å². The number of aliphatic imine (C=N–C) groups is 1. The summed E-state index contributed by atoms with van der Waals surface area (Å²) in [5.41, 5.74) is 6.93. The fourth-order valence-corrected chi connectivity index (χ4v) is 4.21. The van der Waals surface area contributed by atoms with Crippen molar-refractivity contribution in [1.82, 2.24) is 16.0 Å². The van der Waals surface area contributed by atoms with Crippen LogP contribution in [0.3, 0.4) is 0 Å². The maximum Gasteiger partial charge on any atom is 0.305 e. The third-order valence-electron chi connectivity index (χ3n) is 5.00. The Morgan fingerprint density at radius 1 is 1.25 bits per heavy atom. The van der Waals surface area contributed by atoms with Gasteiger partial charge in [0.1, 0.15) is 5.75 Å². The van der Waals surface area contributed by atoms with E-state index in [0.717, 1.165) is 0 Å². The zero-order valence-electron chi connectivity index (χ0n) is 18.7. The second-order valence-electron chi connectivity index (χ2n) is 7.92. The minimum absolute atomic E-state index is 0.0195. The number of carbonyl (C=O) groups excluding carboxylic acids is 2. The van der Waals surface area contributed by atoms with Gasteiger partial charge in [-0.25, -0.2) is 0 Å². The quantitative estimate of drug-likeness (QED) is 0.210. The van der Waals surface area contributed by atoms with Gasteiger partial charge in [-0.15, -0.1) is 0 Å². The minimum atomic E-state index is -1.22. The molecule has 0 saturated heterocycles. The molecule has 0 spiro atoms. The van der Waals surface area contributed by atoms with E-state index in [1.807, 2.05) is 0 Å². The number of hydrogen-bond acceptors (Lipinski definition) is 9. The van der Waals surface area contributed by atoms with Crippen LogP contribution in [-0.4, -0.2) is 64.8 Å². The number of carboxylic acids is 1. The van der Waals surface area contributed by atoms with Crippen molar-refractivity contribution in [2.45, 2.75) is 18.6 Å². The van der Waals surface area contributed by atoms with Gasteiger partial charge in [0.25, 0.3) is 5.91 Å². The molecule has 2 atom stereocenters. The SMILES string of the molecule is Nc1cc(NC2=NCC(O)CN2)cc(C(=O)NCC(=O)N[C@@H](CC(=O)O)c2cc(Br)cc(Cl)c2O)c1. The smallest absolute Gasteiger partial charge is 0.305 e. The van der Waals surface area contributed by atoms with Crippen LogP contribution in [0.2, 0.25) is 5.02 Å². The Morgan fingerprint density at radius 3 is 2.67 bits per heavy atom. The van der Waals surface area contributed by atoms with Gasteiger partial charge in [0, 0.05) is 33.5 Å². The van der Waals surface area contributed by atoms with Crippen LogP contribution < -0.4 is 27.0 Å². The second kappa shape index (κ2) is 11.9. The highest BCUT2D eigenvalue weighted by atomic mass is 79.9. The summed E-state index contributed by atoms with van der Waals surface area (Å²) in [6, 6.07) is 6.29. The maximum absolute atomic E-state index is 12.7. The van der Waals surface area contributed by atoms with Gasteiger partial charge in [0.05, 0.1) is 36.7 Å². The van der Waals surface area contributed by atoms with Gasteiger partial charge in [-0.05, 0) is 30.3 Å². The molecule has 0 aliphatic carbocycles. The average Bonchev–Trinajstić information content (AvgIpc) is 2.80. The fourth-order valence-electron chi connectivity index (χ4n) is 3.38. The molecular weight excluding hydrogens is 560 g/mol. The Bertz CT molecular complexity index is 1210. The highest BCUT2D eigenvalue weighted by molar-refractivity contribution is 9.10. The number of nitrogens with one attached hydrogen (secondary N) is 4. The number of halogens is 2. The van der Waals surface area contributed by atoms with Gasteiger partial charge in [-0.1, -0.05) is 27.5 Å². The molecule has 2 aromatic carbocycles. The number of phenols is 1. The third-order valence-corrected chi connectivity index (χ3v) is 5.75. The molecule has 14 heteroatoms. The van der Waals surface area contributed by atoms with E-state index in [1.54, 1.807) is 6.07 Å². The second-order valence-corrected chi connectivity index (χ2v) is 9.24. The molecule has 1 aliphatic heterocycles. The Morgan fingerprint density at radius 2 is 2.00 bits per heavy atom. The highest BCUT2D eigenvalue weighted by Crippen LogP contribution is 2.36. The van der Waals surface area contributed by atoms with Crippen molar-refractivity contribution in [1.29, 1.82) is 0 Å². The van der Waals surface area contributed by atoms with E-state index in [0.29, 0.717) is 22.7 Å². The number of guanidine groups is 1. The molecule has 2 aromatic rings. The van der Waals surface area contributed by atoms with E-state index in [1.165, 1.54) is 24.3 Å². The van der Waals surface area contributed by atoms with Crippen LogP contribution in [0.15, 0.2) is 39.8 Å². The Balaban J connectivity index is 1.66. The first kappa shape index (κ1) is 27.0. The van der Waals surface area contributed by atoms with Crippen LogP contribution in [-0.2, 0) is 9.59 Å². The van der Waals surface area contributed by atoms with E-state index < -0.39 is 42.9 Å². The lowest BCUT2D eigenvalue weighted by atomic mass is 10.0. The lowest BCUT2D eigenvalue weighted by Gasteiger charge is -2.20. The predicted molar refractivity (Wildman–Crippen MR) is 137 cm³/mol. The number of hydrogen-bond donors (Lipinski definition) is 8. The molecule has 0 saturated carbocycles. The first-order chi connectivity index (χ1) is 17.0. The lowest BCUT2D eigenvalue weighted by molar-refractivity contribution is -0.137. The molecule has 0 radical (unpaired) electrons. The number of nitrogens with zero attached hydrogens (tertiary/aromatic N) is 1. The van der Waals surface area contributed by atoms with Gasteiger partial charge in [-0.3, -0.25) is 19.4 Å². The number of carboxylic acid groups (broad SMARTS) is 1. The minimum Gasteiger partial charge on any atom is -0.506 e. The monoisotopic (exact) mass is 582 g/mol. The standard InChI is InChI=1S/C22H24BrClN6O6/c23-11-3-15(20(35)16(24)4-11)17(6-19(33)34)30-18(32)9-26-21(36)10-1-12(25)5-13(2-10)29-22-27-7-14(31)8-28-22/h1-5,14,17,31,35H,6-9,25H2,(H,26,36)(H,30,32)(H,33,34)(H2,27,28,29)/t17-/m0/s1. The summed E-state index contributed by atoms with van der Waals surface area (Å²) in [4.78, 5) is 40.6. The molecule has 0 bridgehead atoms. The van der Waals surface area contributed by atoms with Gasteiger partial charge in [-0.2, -0.15) is 0 Å². The van der Waals surface area contributed by atoms with Crippen LogP contribution in [0.1, 0.15) is 28.4 Å². The molecular formula is C22H24BrClN6O6. The number of aliphatic hydroxyl groups is 1. The summed E-state index contributed by atoms with van der Waals surface area (Å²) >= 11 is 9.18. The number of aliphatic carboxylic acids is 1. The molecule has 3 rings (SSSR count). The average molecular weight is 584 g/mol. The van der Waals surface area contributed by atoms with Crippen LogP contribution >= 0.6 is 27.5 Å². The van der Waals surface area contributed by atoms with Crippen LogP contribution in [0.4, 0.5) is 11.4 Å². The molecule has 12 nitrogen and oxygen atoms in total. The Kier molecular flexibility index (Phi) is 8.96. The van der Waals surface area contributed by atoms with Crippen molar-refractivity contribution in [3.05, 3.63) is 51.0 Å². The highest BCUT2D eigenvalue weighted by Gasteiger charge is 2.23. The number of β-amino-alcohol motifs (C(OH)–C–C–N with tert-alkyl or cyclic N) is 1. The van der Waals surface area contributed by atoms with Crippen LogP contribution in [0.5, 0.6) is 5.75 Å². The number of carbonyl (C=O) groups is 3. The first-order valence-corrected chi connectivity index (χ1v) is 11.8. The van der Waals surface area contributed by atoms with E-state index >= 15 is 0 Å². The number of phenolic OH excluding ortho intramolecular Hbond substituents is 1. The van der Waals surface area contributed by atoms with Crippen molar-refractivity contribution < 1.29 is 29.7 Å². The Labute approximate surface area is 219 Å². The van der Waals surface area contributed by atoms with Crippen LogP contribution in [0.25, 0.3) is 0 Å². The maximum atomic E-state index is 12.7. The molecule has 0 aromatic heterocycles. The number of anilines is 2. The molecule has 192 valence electrons. The van der Waals surface area contributed by atoms with Crippen molar-refractivity contribution in [2.75, 3.05) is 30.7 Å². The topological polar surface area (TPSA) is 198 Å². The summed E-state index contributed by atoms with van der Waals surface area (Å²) in [5, 5.41) is 39.8. The molecule has 0 fully saturated rings. The number of nitrogen functional groups attached to an aromatic ring is 1. The van der Waals surface area contributed by atoms with Gasteiger partial charge >= 0.3 is 5.97 Å². The zero-order chi connectivity index (χ0) is 26.4. The van der Waals surface area contributed by atoms with E-state index in [9.17, 15) is 29.7 Å². The van der Waals surface area contributed by atoms with E-state index in [-0.39, 0.29) is 34.1 Å². The summed E-state index contributed by atoms with van der Waals surface area (Å²) in [6.45, 7) is 0.0808. The lowest BCUT2D eigenvalue weighted by Crippen LogP contribution is -2.42. The predicted octanol–water partition coefficient (Wildman–Crippen LogP) is 1.18. The number of aliphatic hydroxyl groups excluding tert-OH is 1. The number of aromatic hydroxyl groups is 1. The molecule has 1 aliphatic rings. The number of rotatable bonds is 8. The van der Waals surface area contributed by atoms with E-state index in [2.05, 4.69) is 42.2 Å². The zero-order valence-corrected chi connectivity index (χ0v) is 21.1. The van der Waals surface area contributed by atoms with Crippen molar-refractivity contribution in [3.8, 4) is 5.75 Å². The largest absolute Gasteiger partial charge is 0.506 e. The van der Waals surface area contributed by atoms with E-state index in [4.69, 9.17) is 17.3 Å². The molecule has 9 N–H and O–H groups in total. The molecule has 36 heavy (non-hydrogen) atoms. The van der Waals surface area contributed by atoms with Crippen molar-refractivity contribution in [3.63, 3.8) is 0 Å². The summed E-state index contributed by atoms with van der Waals surface area (Å²) in [5.74, 6) is -2.45. The first-order valence-electron chi connectivity index (χ1n) is 10.6.